The smallest absolute Gasteiger partial charge is 0.126 e. The van der Waals surface area contributed by atoms with Gasteiger partial charge in [-0.05, 0) is 35.9 Å². The Morgan fingerprint density at radius 2 is 1.84 bits per heavy atom. The summed E-state index contributed by atoms with van der Waals surface area (Å²) in [7, 11) is 0. The van der Waals surface area contributed by atoms with Crippen LogP contribution < -0.4 is 10.5 Å². The molecule has 0 fully saturated rings. The van der Waals surface area contributed by atoms with Crippen LogP contribution in [0.15, 0.2) is 42.5 Å². The number of nitrogens with two attached hydrogens (primary N) is 1. The third kappa shape index (κ3) is 2.57. The summed E-state index contributed by atoms with van der Waals surface area (Å²) in [6.07, 6.45) is 0.649. The second-order valence-electron chi connectivity index (χ2n) is 4.69. The number of halogens is 2. The van der Waals surface area contributed by atoms with Gasteiger partial charge in [-0.25, -0.2) is 0 Å². The summed E-state index contributed by atoms with van der Waals surface area (Å²) >= 11 is 12.0. The molecule has 2 N–H and O–H groups in total. The number of ether oxygens (including phenoxy) is 1. The summed E-state index contributed by atoms with van der Waals surface area (Å²) in [6.45, 7) is 0. The van der Waals surface area contributed by atoms with Crippen LogP contribution in [0.3, 0.4) is 0 Å². The summed E-state index contributed by atoms with van der Waals surface area (Å²) < 4.78 is 6.00. The molecule has 0 saturated heterocycles. The van der Waals surface area contributed by atoms with Crippen molar-refractivity contribution in [2.45, 2.75) is 18.6 Å². The van der Waals surface area contributed by atoms with Crippen LogP contribution in [0.4, 0.5) is 0 Å². The van der Waals surface area contributed by atoms with Crippen LogP contribution in [0.5, 0.6) is 5.75 Å². The maximum absolute atomic E-state index is 6.21. The summed E-state index contributed by atoms with van der Waals surface area (Å²) in [5.41, 5.74) is 8.22. The molecular formula is C15H13Cl2NO. The summed E-state index contributed by atoms with van der Waals surface area (Å²) in [5, 5.41) is 1.38. The van der Waals surface area contributed by atoms with Gasteiger partial charge in [-0.2, -0.15) is 0 Å². The second-order valence-corrected chi connectivity index (χ2v) is 5.56. The minimum atomic E-state index is -0.0774. The molecule has 0 spiro atoms. The lowest BCUT2D eigenvalue weighted by atomic mass is 9.94. The van der Waals surface area contributed by atoms with Gasteiger partial charge in [0.25, 0.3) is 0 Å². The predicted octanol–water partition coefficient (Wildman–Crippen LogP) is 4.52. The normalized spacial score (nSPS) is 21.6. The van der Waals surface area contributed by atoms with Crippen molar-refractivity contribution in [2.24, 2.45) is 5.73 Å². The van der Waals surface area contributed by atoms with Gasteiger partial charge < -0.3 is 10.5 Å². The van der Waals surface area contributed by atoms with Crippen molar-refractivity contribution in [2.75, 3.05) is 0 Å². The third-order valence-corrected chi connectivity index (χ3v) is 3.80. The predicted molar refractivity (Wildman–Crippen MR) is 77.8 cm³/mol. The zero-order valence-corrected chi connectivity index (χ0v) is 11.7. The number of fused-ring (bicyclic) bond motifs is 1. The molecule has 2 atom stereocenters. The monoisotopic (exact) mass is 293 g/mol. The molecule has 98 valence electrons. The van der Waals surface area contributed by atoms with E-state index in [4.69, 9.17) is 33.7 Å². The van der Waals surface area contributed by atoms with E-state index in [9.17, 15) is 0 Å². The second kappa shape index (κ2) is 5.04. The molecule has 1 aliphatic heterocycles. The molecule has 1 aliphatic rings. The lowest BCUT2D eigenvalue weighted by Crippen LogP contribution is -2.24. The molecule has 0 bridgehead atoms. The Bertz CT molecular complexity index is 615. The lowest BCUT2D eigenvalue weighted by Gasteiger charge is -2.30. The molecule has 1 unspecified atom stereocenters. The molecule has 0 amide bonds. The first-order chi connectivity index (χ1) is 9.13. The molecule has 0 aliphatic carbocycles. The number of benzene rings is 2. The van der Waals surface area contributed by atoms with Crippen molar-refractivity contribution in [1.29, 1.82) is 0 Å². The third-order valence-electron chi connectivity index (χ3n) is 3.33. The van der Waals surface area contributed by atoms with Crippen LogP contribution in [-0.2, 0) is 0 Å². The molecule has 3 rings (SSSR count). The molecule has 2 aromatic rings. The first kappa shape index (κ1) is 12.8. The van der Waals surface area contributed by atoms with Gasteiger partial charge in [-0.1, -0.05) is 35.3 Å². The zero-order chi connectivity index (χ0) is 13.4. The van der Waals surface area contributed by atoms with Gasteiger partial charge in [0.2, 0.25) is 0 Å². The lowest BCUT2D eigenvalue weighted by molar-refractivity contribution is 0.161. The van der Waals surface area contributed by atoms with E-state index < -0.39 is 0 Å². The fraction of sp³-hybridized carbons (Fsp3) is 0.200. The van der Waals surface area contributed by atoms with Crippen molar-refractivity contribution in [3.05, 3.63) is 63.6 Å². The minimum absolute atomic E-state index is 0.0672. The summed E-state index contributed by atoms with van der Waals surface area (Å²) in [5.74, 6) is 0.799. The van der Waals surface area contributed by atoms with E-state index >= 15 is 0 Å². The minimum Gasteiger partial charge on any atom is -0.485 e. The Morgan fingerprint density at radius 3 is 2.63 bits per heavy atom. The SMILES string of the molecule is N[C@@H]1CC(c2cccc(Cl)c2)Oc2ccc(Cl)cc21. The van der Waals surface area contributed by atoms with Crippen LogP contribution in [0.2, 0.25) is 10.0 Å². The fourth-order valence-corrected chi connectivity index (χ4v) is 2.77. The fourth-order valence-electron chi connectivity index (χ4n) is 2.39. The largest absolute Gasteiger partial charge is 0.485 e. The highest BCUT2D eigenvalue weighted by atomic mass is 35.5. The molecular weight excluding hydrogens is 281 g/mol. The molecule has 4 heteroatoms. The molecule has 0 radical (unpaired) electrons. The molecule has 2 nitrogen and oxygen atoms in total. The highest BCUT2D eigenvalue weighted by Crippen LogP contribution is 2.40. The summed E-state index contributed by atoms with van der Waals surface area (Å²) in [4.78, 5) is 0. The van der Waals surface area contributed by atoms with Gasteiger partial charge >= 0.3 is 0 Å². The van der Waals surface area contributed by atoms with Crippen LogP contribution in [0.1, 0.15) is 29.7 Å². The van der Waals surface area contributed by atoms with Gasteiger partial charge in [-0.3, -0.25) is 0 Å². The Hall–Kier alpha value is -1.22. The summed E-state index contributed by atoms with van der Waals surface area (Å²) in [6, 6.07) is 13.2. The van der Waals surface area contributed by atoms with E-state index in [1.165, 1.54) is 0 Å². The molecule has 1 heterocycles. The molecule has 19 heavy (non-hydrogen) atoms. The first-order valence-electron chi connectivity index (χ1n) is 6.10. The van der Waals surface area contributed by atoms with Crippen LogP contribution in [0, 0.1) is 0 Å². The van der Waals surface area contributed by atoms with Gasteiger partial charge in [0.1, 0.15) is 11.9 Å². The average molecular weight is 294 g/mol. The van der Waals surface area contributed by atoms with Crippen LogP contribution in [-0.4, -0.2) is 0 Å². The molecule has 0 saturated carbocycles. The van der Waals surface area contributed by atoms with Gasteiger partial charge in [-0.15, -0.1) is 0 Å². The van der Waals surface area contributed by atoms with Crippen LogP contribution in [0.25, 0.3) is 0 Å². The number of rotatable bonds is 1. The van der Waals surface area contributed by atoms with Crippen LogP contribution >= 0.6 is 23.2 Å². The Labute approximate surface area is 122 Å². The topological polar surface area (TPSA) is 35.2 Å². The van der Waals surface area contributed by atoms with Crippen molar-refractivity contribution in [3.8, 4) is 5.75 Å². The van der Waals surface area contributed by atoms with Crippen molar-refractivity contribution in [1.82, 2.24) is 0 Å². The van der Waals surface area contributed by atoms with E-state index in [-0.39, 0.29) is 12.1 Å². The van der Waals surface area contributed by atoms with E-state index in [1.54, 1.807) is 0 Å². The van der Waals surface area contributed by atoms with Crippen molar-refractivity contribution in [3.63, 3.8) is 0 Å². The Balaban J connectivity index is 1.95. The Morgan fingerprint density at radius 1 is 1.05 bits per heavy atom. The number of hydrogen-bond donors (Lipinski definition) is 1. The first-order valence-corrected chi connectivity index (χ1v) is 6.86. The standard InChI is InChI=1S/C15H13Cl2NO/c16-10-3-1-2-9(6-10)15-8-13(18)12-7-11(17)4-5-14(12)19-15/h1-7,13,15H,8,18H2/t13-,15?/m1/s1. The Kier molecular flexibility index (Phi) is 3.40. The van der Waals surface area contributed by atoms with Gasteiger partial charge in [0.05, 0.1) is 0 Å². The van der Waals surface area contributed by atoms with E-state index in [0.29, 0.717) is 16.5 Å². The van der Waals surface area contributed by atoms with E-state index in [2.05, 4.69) is 0 Å². The zero-order valence-electron chi connectivity index (χ0n) is 10.1. The van der Waals surface area contributed by atoms with E-state index in [0.717, 1.165) is 16.9 Å². The van der Waals surface area contributed by atoms with Crippen molar-refractivity contribution >= 4 is 23.2 Å². The highest BCUT2D eigenvalue weighted by Gasteiger charge is 2.27. The maximum Gasteiger partial charge on any atom is 0.126 e. The van der Waals surface area contributed by atoms with Crippen molar-refractivity contribution < 1.29 is 4.74 Å². The van der Waals surface area contributed by atoms with Gasteiger partial charge in [0.15, 0.2) is 0 Å². The molecule has 0 aromatic heterocycles. The quantitative estimate of drug-likeness (QED) is 0.839. The number of hydrogen-bond acceptors (Lipinski definition) is 2. The maximum atomic E-state index is 6.21. The van der Waals surface area contributed by atoms with E-state index in [1.807, 2.05) is 42.5 Å². The average Bonchev–Trinajstić information content (AvgIpc) is 2.39. The van der Waals surface area contributed by atoms with Gasteiger partial charge in [0, 0.05) is 28.1 Å². The highest BCUT2D eigenvalue weighted by molar-refractivity contribution is 6.31. The molecule has 2 aromatic carbocycles.